The van der Waals surface area contributed by atoms with E-state index in [4.69, 9.17) is 4.74 Å². The van der Waals surface area contributed by atoms with E-state index in [0.717, 1.165) is 5.69 Å². The Bertz CT molecular complexity index is 595. The summed E-state index contributed by atoms with van der Waals surface area (Å²) in [6.45, 7) is 6.45. The van der Waals surface area contributed by atoms with E-state index in [1.807, 2.05) is 18.5 Å². The Morgan fingerprint density at radius 2 is 2.10 bits per heavy atom. The van der Waals surface area contributed by atoms with Gasteiger partial charge in [0, 0.05) is 23.7 Å². The number of ether oxygens (including phenoxy) is 1. The first kappa shape index (κ1) is 15.5. The molecule has 2 aromatic rings. The number of benzene rings is 1. The fraction of sp³-hybridized carbons (Fsp3) is 0.438. The van der Waals surface area contributed by atoms with Gasteiger partial charge in [-0.05, 0) is 33.9 Å². The predicted octanol–water partition coefficient (Wildman–Crippen LogP) is 3.46. The highest BCUT2D eigenvalue weighted by molar-refractivity contribution is 5.30. The molecular formula is C16H22FN3O. The minimum Gasteiger partial charge on any atom is -0.487 e. The molecular weight excluding hydrogens is 269 g/mol. The molecule has 0 aliphatic heterocycles. The minimum absolute atomic E-state index is 0.0265. The molecule has 0 fully saturated rings. The Morgan fingerprint density at radius 1 is 1.33 bits per heavy atom. The number of halogens is 1. The van der Waals surface area contributed by atoms with Crippen molar-refractivity contribution in [1.82, 2.24) is 14.9 Å². The predicted molar refractivity (Wildman–Crippen MR) is 80.8 cm³/mol. The first-order valence-corrected chi connectivity index (χ1v) is 7.13. The fourth-order valence-electron chi connectivity index (χ4n) is 2.17. The molecule has 1 aromatic carbocycles. The lowest BCUT2D eigenvalue weighted by Gasteiger charge is -2.14. The van der Waals surface area contributed by atoms with Crippen LogP contribution in [0.25, 0.3) is 0 Å². The maximum absolute atomic E-state index is 14.0. The zero-order chi connectivity index (χ0) is 15.4. The summed E-state index contributed by atoms with van der Waals surface area (Å²) in [5.41, 5.74) is 1.61. The van der Waals surface area contributed by atoms with Crippen LogP contribution in [-0.2, 0) is 6.61 Å². The van der Waals surface area contributed by atoms with Crippen molar-refractivity contribution in [1.29, 1.82) is 0 Å². The Morgan fingerprint density at radius 3 is 2.71 bits per heavy atom. The van der Waals surface area contributed by atoms with Crippen molar-refractivity contribution < 1.29 is 9.13 Å². The third-order valence-corrected chi connectivity index (χ3v) is 3.56. The van der Waals surface area contributed by atoms with Gasteiger partial charge in [0.15, 0.2) is 0 Å². The molecule has 1 unspecified atom stereocenters. The number of hydrogen-bond acceptors (Lipinski definition) is 3. The van der Waals surface area contributed by atoms with E-state index >= 15 is 0 Å². The van der Waals surface area contributed by atoms with Crippen LogP contribution in [0.2, 0.25) is 0 Å². The summed E-state index contributed by atoms with van der Waals surface area (Å²) in [5.74, 6) is 0.266. The van der Waals surface area contributed by atoms with Gasteiger partial charge in [-0.3, -0.25) is 0 Å². The molecule has 0 bridgehead atoms. The Hall–Kier alpha value is -1.88. The van der Waals surface area contributed by atoms with Crippen molar-refractivity contribution in [2.75, 3.05) is 7.05 Å². The summed E-state index contributed by atoms with van der Waals surface area (Å²) in [5, 5.41) is 3.02. The van der Waals surface area contributed by atoms with E-state index in [0.29, 0.717) is 24.0 Å². The molecule has 1 N–H and O–H groups in total. The number of imidazole rings is 1. The molecule has 1 atom stereocenters. The van der Waals surface area contributed by atoms with Gasteiger partial charge in [0.1, 0.15) is 18.2 Å². The summed E-state index contributed by atoms with van der Waals surface area (Å²) in [4.78, 5) is 4.12. The second kappa shape index (κ2) is 6.72. The highest BCUT2D eigenvalue weighted by Crippen LogP contribution is 2.22. The topological polar surface area (TPSA) is 39.1 Å². The second-order valence-electron chi connectivity index (χ2n) is 5.37. The van der Waals surface area contributed by atoms with Gasteiger partial charge in [-0.1, -0.05) is 6.07 Å². The van der Waals surface area contributed by atoms with Crippen molar-refractivity contribution in [3.63, 3.8) is 0 Å². The summed E-state index contributed by atoms with van der Waals surface area (Å²) < 4.78 is 21.7. The second-order valence-corrected chi connectivity index (χ2v) is 5.37. The van der Waals surface area contributed by atoms with E-state index in [1.165, 1.54) is 6.07 Å². The van der Waals surface area contributed by atoms with E-state index in [9.17, 15) is 4.39 Å². The van der Waals surface area contributed by atoms with Crippen LogP contribution < -0.4 is 10.1 Å². The molecule has 5 heteroatoms. The molecule has 0 aliphatic carbocycles. The lowest BCUT2D eigenvalue weighted by molar-refractivity contribution is 0.290. The molecule has 0 saturated carbocycles. The lowest BCUT2D eigenvalue weighted by Crippen LogP contribution is -2.14. The summed E-state index contributed by atoms with van der Waals surface area (Å²) in [6, 6.07) is 5.27. The highest BCUT2D eigenvalue weighted by Gasteiger charge is 2.11. The molecule has 0 aliphatic rings. The van der Waals surface area contributed by atoms with Gasteiger partial charge in [0.2, 0.25) is 0 Å². The average molecular weight is 291 g/mol. The summed E-state index contributed by atoms with van der Waals surface area (Å²) in [6.07, 6.45) is 3.55. The van der Waals surface area contributed by atoms with Crippen molar-refractivity contribution in [3.8, 4) is 5.75 Å². The number of aromatic nitrogens is 2. The van der Waals surface area contributed by atoms with E-state index in [-0.39, 0.29) is 11.9 Å². The first-order valence-electron chi connectivity index (χ1n) is 7.13. The Labute approximate surface area is 125 Å². The van der Waals surface area contributed by atoms with E-state index in [2.05, 4.69) is 24.1 Å². The minimum atomic E-state index is -0.258. The molecule has 2 rings (SSSR count). The number of nitrogens with zero attached hydrogens (tertiary/aromatic N) is 2. The van der Waals surface area contributed by atoms with Crippen molar-refractivity contribution in [2.45, 2.75) is 39.5 Å². The van der Waals surface area contributed by atoms with Gasteiger partial charge >= 0.3 is 0 Å². The van der Waals surface area contributed by atoms with Crippen LogP contribution in [0.4, 0.5) is 4.39 Å². The largest absolute Gasteiger partial charge is 0.487 e. The molecule has 1 aromatic heterocycles. The SMILES string of the molecule is CNC(C)c1ccc(OCc2cncn2C(C)C)cc1F. The van der Waals surface area contributed by atoms with Crippen LogP contribution in [0.3, 0.4) is 0 Å². The third kappa shape index (κ3) is 3.61. The molecule has 0 spiro atoms. The van der Waals surface area contributed by atoms with Crippen LogP contribution in [0.5, 0.6) is 5.75 Å². The standard InChI is InChI=1S/C16H22FN3O/c1-11(2)20-10-19-8-13(20)9-21-14-5-6-15(12(3)18-4)16(17)7-14/h5-8,10-12,18H,9H2,1-4H3. The molecule has 4 nitrogen and oxygen atoms in total. The van der Waals surface area contributed by atoms with E-state index < -0.39 is 0 Å². The Kier molecular flexibility index (Phi) is 4.96. The number of nitrogens with one attached hydrogen (secondary N) is 1. The maximum atomic E-state index is 14.0. The van der Waals surface area contributed by atoms with Gasteiger partial charge in [0.05, 0.1) is 18.2 Å². The first-order chi connectivity index (χ1) is 10.0. The summed E-state index contributed by atoms with van der Waals surface area (Å²) >= 11 is 0. The summed E-state index contributed by atoms with van der Waals surface area (Å²) in [7, 11) is 1.81. The normalized spacial score (nSPS) is 12.7. The fourth-order valence-corrected chi connectivity index (χ4v) is 2.17. The molecule has 1 heterocycles. The molecule has 0 radical (unpaired) electrons. The van der Waals surface area contributed by atoms with Crippen molar-refractivity contribution >= 4 is 0 Å². The number of hydrogen-bond donors (Lipinski definition) is 1. The van der Waals surface area contributed by atoms with Gasteiger partial charge in [-0.15, -0.1) is 0 Å². The third-order valence-electron chi connectivity index (χ3n) is 3.56. The zero-order valence-electron chi connectivity index (χ0n) is 12.9. The molecule has 0 saturated heterocycles. The monoisotopic (exact) mass is 291 g/mol. The smallest absolute Gasteiger partial charge is 0.131 e. The highest BCUT2D eigenvalue weighted by atomic mass is 19.1. The quantitative estimate of drug-likeness (QED) is 0.886. The zero-order valence-corrected chi connectivity index (χ0v) is 12.9. The molecule has 21 heavy (non-hydrogen) atoms. The van der Waals surface area contributed by atoms with Crippen LogP contribution in [0, 0.1) is 5.82 Å². The Balaban J connectivity index is 2.07. The number of rotatable bonds is 6. The van der Waals surface area contributed by atoms with Crippen molar-refractivity contribution in [3.05, 3.63) is 47.8 Å². The van der Waals surface area contributed by atoms with Gasteiger partial charge in [0.25, 0.3) is 0 Å². The van der Waals surface area contributed by atoms with Crippen LogP contribution >= 0.6 is 0 Å². The van der Waals surface area contributed by atoms with Gasteiger partial charge in [-0.2, -0.15) is 0 Å². The van der Waals surface area contributed by atoms with Crippen molar-refractivity contribution in [2.24, 2.45) is 0 Å². The van der Waals surface area contributed by atoms with Gasteiger partial charge in [-0.25, -0.2) is 9.37 Å². The average Bonchev–Trinajstić information content (AvgIpc) is 2.93. The van der Waals surface area contributed by atoms with E-state index in [1.54, 1.807) is 24.7 Å². The van der Waals surface area contributed by atoms with Crippen LogP contribution in [0.15, 0.2) is 30.7 Å². The lowest BCUT2D eigenvalue weighted by atomic mass is 10.1. The van der Waals surface area contributed by atoms with Crippen LogP contribution in [0.1, 0.15) is 44.1 Å². The molecule has 0 amide bonds. The van der Waals surface area contributed by atoms with Gasteiger partial charge < -0.3 is 14.6 Å². The maximum Gasteiger partial charge on any atom is 0.131 e. The molecule has 114 valence electrons. The van der Waals surface area contributed by atoms with Crippen LogP contribution in [-0.4, -0.2) is 16.6 Å².